The Labute approximate surface area is 252 Å². The minimum Gasteiger partial charge on any atom is -0.228 e. The molecule has 8 rings (SSSR count). The summed E-state index contributed by atoms with van der Waals surface area (Å²) in [5.41, 5.74) is 12.4. The Morgan fingerprint density at radius 3 is 1.70 bits per heavy atom. The molecule has 0 spiro atoms. The molecule has 0 fully saturated rings. The van der Waals surface area contributed by atoms with Crippen LogP contribution in [0.25, 0.3) is 66.9 Å². The van der Waals surface area contributed by atoms with Crippen LogP contribution in [0.5, 0.6) is 0 Å². The lowest BCUT2D eigenvalue weighted by Gasteiger charge is -2.24. The molecule has 0 bridgehead atoms. The third-order valence-electron chi connectivity index (χ3n) is 8.84. The van der Waals surface area contributed by atoms with Crippen LogP contribution in [0, 0.1) is 0 Å². The minimum atomic E-state index is -0.238. The number of rotatable bonds is 4. The van der Waals surface area contributed by atoms with Crippen molar-refractivity contribution in [1.29, 1.82) is 0 Å². The number of aromatic nitrogens is 2. The molecule has 204 valence electrons. The highest BCUT2D eigenvalue weighted by atomic mass is 14.9. The summed E-state index contributed by atoms with van der Waals surface area (Å²) >= 11 is 0. The third-order valence-corrected chi connectivity index (χ3v) is 8.84. The van der Waals surface area contributed by atoms with Crippen LogP contribution in [0.4, 0.5) is 0 Å². The zero-order valence-electron chi connectivity index (χ0n) is 24.3. The Bertz CT molecular complexity index is 2140. The number of hydrogen-bond acceptors (Lipinski definition) is 2. The lowest BCUT2D eigenvalue weighted by molar-refractivity contribution is 0.658. The predicted octanol–water partition coefficient (Wildman–Crippen LogP) is 10.6. The topological polar surface area (TPSA) is 25.8 Å². The van der Waals surface area contributed by atoms with Gasteiger partial charge in [-0.05, 0) is 50.7 Å². The highest BCUT2D eigenvalue weighted by molar-refractivity contribution is 6.03. The van der Waals surface area contributed by atoms with Gasteiger partial charge in [0.2, 0.25) is 0 Å². The van der Waals surface area contributed by atoms with E-state index in [1.54, 1.807) is 0 Å². The van der Waals surface area contributed by atoms with E-state index in [-0.39, 0.29) is 5.41 Å². The molecule has 1 aliphatic rings. The fourth-order valence-corrected chi connectivity index (χ4v) is 6.70. The van der Waals surface area contributed by atoms with Crippen molar-refractivity contribution in [3.8, 4) is 56.2 Å². The maximum atomic E-state index is 5.39. The first kappa shape index (κ1) is 25.4. The number of benzene rings is 6. The average Bonchev–Trinajstić information content (AvgIpc) is 3.31. The minimum absolute atomic E-state index is 0.238. The zero-order chi connectivity index (χ0) is 29.0. The van der Waals surface area contributed by atoms with Gasteiger partial charge in [-0.3, -0.25) is 0 Å². The second-order valence-electron chi connectivity index (χ2n) is 11.8. The van der Waals surface area contributed by atoms with Crippen LogP contribution in [0.3, 0.4) is 0 Å². The van der Waals surface area contributed by atoms with Gasteiger partial charge in [-0.1, -0.05) is 147 Å². The molecule has 43 heavy (non-hydrogen) atoms. The molecular formula is C41H30N2. The molecule has 1 aromatic heterocycles. The van der Waals surface area contributed by atoms with Crippen molar-refractivity contribution in [2.24, 2.45) is 0 Å². The smallest absolute Gasteiger partial charge is 0.160 e. The Morgan fingerprint density at radius 1 is 0.442 bits per heavy atom. The Morgan fingerprint density at radius 2 is 0.977 bits per heavy atom. The van der Waals surface area contributed by atoms with E-state index in [0.29, 0.717) is 0 Å². The van der Waals surface area contributed by atoms with Gasteiger partial charge >= 0.3 is 0 Å². The van der Waals surface area contributed by atoms with E-state index in [9.17, 15) is 0 Å². The van der Waals surface area contributed by atoms with E-state index in [2.05, 4.69) is 159 Å². The summed E-state index contributed by atoms with van der Waals surface area (Å²) < 4.78 is 0. The van der Waals surface area contributed by atoms with Crippen LogP contribution in [-0.2, 0) is 5.41 Å². The summed E-state index contributed by atoms with van der Waals surface area (Å²) in [6, 6.07) is 51.7. The molecule has 0 radical (unpaired) electrons. The van der Waals surface area contributed by atoms with E-state index in [0.717, 1.165) is 33.9 Å². The van der Waals surface area contributed by atoms with E-state index in [4.69, 9.17) is 9.97 Å². The molecule has 1 heterocycles. The molecule has 0 saturated carbocycles. The zero-order valence-corrected chi connectivity index (χ0v) is 24.3. The van der Waals surface area contributed by atoms with Crippen LogP contribution < -0.4 is 0 Å². The van der Waals surface area contributed by atoms with E-state index in [1.165, 1.54) is 44.2 Å². The van der Waals surface area contributed by atoms with Crippen molar-refractivity contribution in [1.82, 2.24) is 9.97 Å². The molecule has 0 unspecified atom stereocenters. The maximum Gasteiger partial charge on any atom is 0.160 e. The van der Waals surface area contributed by atoms with Gasteiger partial charge in [0.1, 0.15) is 0 Å². The van der Waals surface area contributed by atoms with Crippen molar-refractivity contribution >= 4 is 10.8 Å². The molecule has 0 amide bonds. The fourth-order valence-electron chi connectivity index (χ4n) is 6.70. The average molecular weight is 551 g/mol. The summed E-state index contributed by atoms with van der Waals surface area (Å²) in [4.78, 5) is 10.7. The Hall–Kier alpha value is -5.34. The van der Waals surface area contributed by atoms with Crippen molar-refractivity contribution in [2.45, 2.75) is 19.3 Å². The maximum absolute atomic E-state index is 5.39. The SMILES string of the molecule is CC1(C)c2ccc3ccccc3c2-c2nc(-c3cccc(-c4cccc(-c5ccccc5)c4)c3)nc(-c3ccccc3)c21. The van der Waals surface area contributed by atoms with Gasteiger partial charge in [0.15, 0.2) is 5.82 Å². The molecule has 2 heteroatoms. The van der Waals surface area contributed by atoms with Gasteiger partial charge in [0.25, 0.3) is 0 Å². The van der Waals surface area contributed by atoms with Crippen molar-refractivity contribution in [3.05, 3.63) is 157 Å². The Kier molecular flexibility index (Phi) is 5.84. The van der Waals surface area contributed by atoms with E-state index < -0.39 is 0 Å². The highest BCUT2D eigenvalue weighted by Gasteiger charge is 2.41. The lowest BCUT2D eigenvalue weighted by Crippen LogP contribution is -2.17. The summed E-state index contributed by atoms with van der Waals surface area (Å²) in [6.45, 7) is 4.62. The summed E-state index contributed by atoms with van der Waals surface area (Å²) in [7, 11) is 0. The lowest BCUT2D eigenvalue weighted by atomic mass is 9.80. The standard InChI is InChI=1S/C41H30N2/c1-41(2)35-24-23-28-15-9-10-22-34(28)36(35)39-37(41)38(29-16-7-4-8-17-29)42-40(43-39)33-21-12-20-32(26-33)31-19-11-18-30(25-31)27-13-5-3-6-14-27/h3-26H,1-2H3. The normalized spacial score (nSPS) is 13.1. The monoisotopic (exact) mass is 550 g/mol. The van der Waals surface area contributed by atoms with Crippen LogP contribution in [-0.4, -0.2) is 9.97 Å². The Balaban J connectivity index is 1.34. The van der Waals surface area contributed by atoms with Crippen molar-refractivity contribution in [2.75, 3.05) is 0 Å². The van der Waals surface area contributed by atoms with Gasteiger partial charge in [-0.15, -0.1) is 0 Å². The third kappa shape index (κ3) is 4.18. The molecule has 0 atom stereocenters. The highest BCUT2D eigenvalue weighted by Crippen LogP contribution is 2.53. The molecule has 0 saturated heterocycles. The first-order valence-corrected chi connectivity index (χ1v) is 14.8. The number of nitrogens with zero attached hydrogens (tertiary/aromatic N) is 2. The molecule has 0 N–H and O–H groups in total. The first-order chi connectivity index (χ1) is 21.1. The van der Waals surface area contributed by atoms with E-state index >= 15 is 0 Å². The molecular weight excluding hydrogens is 520 g/mol. The van der Waals surface area contributed by atoms with Crippen LogP contribution in [0.2, 0.25) is 0 Å². The van der Waals surface area contributed by atoms with Crippen molar-refractivity contribution < 1.29 is 0 Å². The van der Waals surface area contributed by atoms with Crippen LogP contribution in [0.1, 0.15) is 25.0 Å². The largest absolute Gasteiger partial charge is 0.228 e. The number of fused-ring (bicyclic) bond motifs is 5. The summed E-state index contributed by atoms with van der Waals surface area (Å²) in [6.07, 6.45) is 0. The quantitative estimate of drug-likeness (QED) is 0.218. The van der Waals surface area contributed by atoms with Gasteiger partial charge in [0, 0.05) is 27.7 Å². The molecule has 6 aromatic carbocycles. The molecule has 2 nitrogen and oxygen atoms in total. The van der Waals surface area contributed by atoms with Crippen molar-refractivity contribution in [3.63, 3.8) is 0 Å². The van der Waals surface area contributed by atoms with Gasteiger partial charge < -0.3 is 0 Å². The second-order valence-corrected chi connectivity index (χ2v) is 11.8. The van der Waals surface area contributed by atoms with Gasteiger partial charge in [-0.2, -0.15) is 0 Å². The second kappa shape index (κ2) is 9.89. The van der Waals surface area contributed by atoms with Gasteiger partial charge in [-0.25, -0.2) is 9.97 Å². The molecule has 7 aromatic rings. The van der Waals surface area contributed by atoms with E-state index in [1.807, 2.05) is 0 Å². The van der Waals surface area contributed by atoms with Crippen LogP contribution >= 0.6 is 0 Å². The molecule has 1 aliphatic carbocycles. The first-order valence-electron chi connectivity index (χ1n) is 14.8. The predicted molar refractivity (Wildman–Crippen MR) is 179 cm³/mol. The summed E-state index contributed by atoms with van der Waals surface area (Å²) in [5.74, 6) is 0.746. The van der Waals surface area contributed by atoms with Gasteiger partial charge in [0.05, 0.1) is 11.4 Å². The summed E-state index contributed by atoms with van der Waals surface area (Å²) in [5, 5.41) is 2.47. The molecule has 0 aliphatic heterocycles. The fraction of sp³-hybridized carbons (Fsp3) is 0.0732. The number of hydrogen-bond donors (Lipinski definition) is 0. The van der Waals surface area contributed by atoms with Crippen LogP contribution in [0.15, 0.2) is 146 Å².